The molecule has 0 aliphatic heterocycles. The van der Waals surface area contributed by atoms with Gasteiger partial charge in [0.15, 0.2) is 0 Å². The zero-order valence-electron chi connectivity index (χ0n) is 5.33. The van der Waals surface area contributed by atoms with E-state index in [1.54, 1.807) is 0 Å². The normalized spacial score (nSPS) is 9.82. The molecule has 0 saturated carbocycles. The minimum absolute atomic E-state index is 0.389. The Kier molecular flexibility index (Phi) is 3.06. The van der Waals surface area contributed by atoms with Gasteiger partial charge < -0.3 is 10.0 Å². The van der Waals surface area contributed by atoms with Gasteiger partial charge in [0, 0.05) is 26.8 Å². The largest absolute Gasteiger partial charge is 0.490 e. The molecule has 58 valence electrons. The molecule has 1 rings (SSSR count). The second kappa shape index (κ2) is 3.66. The number of hydrogen-bond acceptors (Lipinski definition) is 3. The van der Waals surface area contributed by atoms with Gasteiger partial charge in [-0.25, -0.2) is 0 Å². The molecule has 0 radical (unpaired) electrons. The molecule has 1 aromatic heterocycles. The average Bonchev–Trinajstić information content (AvgIpc) is 1.85. The molecular formula is C5H4BBr2NO2. The third-order valence-corrected chi connectivity index (χ3v) is 2.41. The van der Waals surface area contributed by atoms with E-state index in [-0.39, 0.29) is 0 Å². The number of pyridine rings is 1. The topological polar surface area (TPSA) is 53.4 Å². The van der Waals surface area contributed by atoms with Crippen molar-refractivity contribution in [2.75, 3.05) is 0 Å². The third-order valence-electron chi connectivity index (χ3n) is 1.15. The summed E-state index contributed by atoms with van der Waals surface area (Å²) in [6.45, 7) is 0. The lowest BCUT2D eigenvalue weighted by atomic mass is 9.81. The molecule has 0 amide bonds. The Hall–Kier alpha value is 0.0949. The first kappa shape index (κ1) is 9.19. The van der Waals surface area contributed by atoms with Crippen molar-refractivity contribution in [3.63, 3.8) is 0 Å². The summed E-state index contributed by atoms with van der Waals surface area (Å²) in [5, 5.41) is 17.7. The van der Waals surface area contributed by atoms with E-state index in [1.165, 1.54) is 12.4 Å². The summed E-state index contributed by atoms with van der Waals surface area (Å²) >= 11 is 6.27. The highest BCUT2D eigenvalue weighted by Crippen LogP contribution is 2.12. The Morgan fingerprint density at radius 1 is 1.18 bits per heavy atom. The standard InChI is InChI=1S/C5H4BBr2NO2/c7-3-1-9-2-4(8)5(3)6(10)11/h1-2,10-11H. The van der Waals surface area contributed by atoms with E-state index < -0.39 is 7.12 Å². The van der Waals surface area contributed by atoms with Crippen LogP contribution in [0.5, 0.6) is 0 Å². The molecule has 3 nitrogen and oxygen atoms in total. The number of halogens is 2. The monoisotopic (exact) mass is 279 g/mol. The van der Waals surface area contributed by atoms with Gasteiger partial charge >= 0.3 is 7.12 Å². The highest BCUT2D eigenvalue weighted by molar-refractivity contribution is 9.11. The Balaban J connectivity index is 3.21. The summed E-state index contributed by atoms with van der Waals surface area (Å²) in [6.07, 6.45) is 3.00. The average molecular weight is 281 g/mol. The van der Waals surface area contributed by atoms with E-state index in [2.05, 4.69) is 36.8 Å². The van der Waals surface area contributed by atoms with Crippen molar-refractivity contribution >= 4 is 44.4 Å². The molecule has 0 aliphatic rings. The molecule has 0 spiro atoms. The van der Waals surface area contributed by atoms with Crippen molar-refractivity contribution in [3.8, 4) is 0 Å². The summed E-state index contributed by atoms with van der Waals surface area (Å²) in [5.41, 5.74) is 0.389. The fourth-order valence-corrected chi connectivity index (χ4v) is 2.01. The van der Waals surface area contributed by atoms with Gasteiger partial charge in [0.1, 0.15) is 0 Å². The number of aromatic nitrogens is 1. The van der Waals surface area contributed by atoms with Crippen LogP contribution in [0.1, 0.15) is 0 Å². The van der Waals surface area contributed by atoms with Crippen molar-refractivity contribution in [2.45, 2.75) is 0 Å². The lowest BCUT2D eigenvalue weighted by Gasteiger charge is -2.03. The summed E-state index contributed by atoms with van der Waals surface area (Å²) in [5.74, 6) is 0. The lowest BCUT2D eigenvalue weighted by Crippen LogP contribution is -2.32. The SMILES string of the molecule is OB(O)c1c(Br)cncc1Br. The maximum atomic E-state index is 8.85. The maximum absolute atomic E-state index is 8.85. The Bertz CT molecular complexity index is 248. The summed E-state index contributed by atoms with van der Waals surface area (Å²) < 4.78 is 1.14. The molecular weight excluding hydrogens is 277 g/mol. The van der Waals surface area contributed by atoms with E-state index >= 15 is 0 Å². The predicted molar refractivity (Wildman–Crippen MR) is 49.5 cm³/mol. The van der Waals surface area contributed by atoms with Gasteiger partial charge in [-0.3, -0.25) is 4.98 Å². The van der Waals surface area contributed by atoms with Crippen LogP contribution in [-0.4, -0.2) is 22.2 Å². The van der Waals surface area contributed by atoms with Crippen LogP contribution >= 0.6 is 31.9 Å². The molecule has 2 N–H and O–H groups in total. The van der Waals surface area contributed by atoms with Crippen LogP contribution in [0.4, 0.5) is 0 Å². The van der Waals surface area contributed by atoms with Gasteiger partial charge in [-0.05, 0) is 31.9 Å². The summed E-state index contributed by atoms with van der Waals surface area (Å²) in [7, 11) is -1.48. The maximum Gasteiger partial charge on any atom is 0.490 e. The molecule has 0 unspecified atom stereocenters. The quantitative estimate of drug-likeness (QED) is 0.727. The zero-order valence-corrected chi connectivity index (χ0v) is 8.50. The van der Waals surface area contributed by atoms with Crippen molar-refractivity contribution in [2.24, 2.45) is 0 Å². The second-order valence-electron chi connectivity index (χ2n) is 1.89. The highest BCUT2D eigenvalue weighted by Gasteiger charge is 2.18. The smallest absolute Gasteiger partial charge is 0.423 e. The van der Waals surface area contributed by atoms with Crippen LogP contribution < -0.4 is 5.46 Å². The lowest BCUT2D eigenvalue weighted by molar-refractivity contribution is 0.425. The van der Waals surface area contributed by atoms with Gasteiger partial charge in [0.25, 0.3) is 0 Å². The van der Waals surface area contributed by atoms with Crippen molar-refractivity contribution < 1.29 is 10.0 Å². The van der Waals surface area contributed by atoms with Gasteiger partial charge in [0.05, 0.1) is 0 Å². The molecule has 1 heterocycles. The van der Waals surface area contributed by atoms with Crippen LogP contribution in [0, 0.1) is 0 Å². The van der Waals surface area contributed by atoms with Crippen LogP contribution in [0.25, 0.3) is 0 Å². The van der Waals surface area contributed by atoms with Crippen LogP contribution in [0.2, 0.25) is 0 Å². The second-order valence-corrected chi connectivity index (χ2v) is 3.60. The van der Waals surface area contributed by atoms with Gasteiger partial charge in [-0.1, -0.05) is 0 Å². The fraction of sp³-hybridized carbons (Fsp3) is 0. The van der Waals surface area contributed by atoms with Crippen molar-refractivity contribution in [3.05, 3.63) is 21.3 Å². The van der Waals surface area contributed by atoms with E-state index in [4.69, 9.17) is 10.0 Å². The first-order valence-electron chi connectivity index (χ1n) is 2.78. The number of nitrogens with zero attached hydrogens (tertiary/aromatic N) is 1. The Morgan fingerprint density at radius 2 is 1.64 bits per heavy atom. The Labute approximate surface area is 80.9 Å². The van der Waals surface area contributed by atoms with Crippen molar-refractivity contribution in [1.82, 2.24) is 4.98 Å². The van der Waals surface area contributed by atoms with E-state index in [9.17, 15) is 0 Å². The van der Waals surface area contributed by atoms with Crippen LogP contribution in [0.3, 0.4) is 0 Å². The molecule has 6 heteroatoms. The molecule has 1 aromatic rings. The minimum Gasteiger partial charge on any atom is -0.423 e. The van der Waals surface area contributed by atoms with Crippen LogP contribution in [-0.2, 0) is 0 Å². The first-order chi connectivity index (χ1) is 5.13. The van der Waals surface area contributed by atoms with E-state index in [0.29, 0.717) is 14.4 Å². The molecule has 0 atom stereocenters. The summed E-state index contributed by atoms with van der Waals surface area (Å²) in [6, 6.07) is 0. The zero-order chi connectivity index (χ0) is 8.43. The van der Waals surface area contributed by atoms with E-state index in [0.717, 1.165) is 0 Å². The van der Waals surface area contributed by atoms with E-state index in [1.807, 2.05) is 0 Å². The fourth-order valence-electron chi connectivity index (χ4n) is 0.668. The minimum atomic E-state index is -1.48. The number of rotatable bonds is 1. The third kappa shape index (κ3) is 2.02. The molecule has 0 aromatic carbocycles. The highest BCUT2D eigenvalue weighted by atomic mass is 79.9. The number of hydrogen-bond donors (Lipinski definition) is 2. The van der Waals surface area contributed by atoms with Gasteiger partial charge in [-0.15, -0.1) is 0 Å². The predicted octanol–water partition coefficient (Wildman–Crippen LogP) is 0.286. The Morgan fingerprint density at radius 3 is 1.91 bits per heavy atom. The van der Waals surface area contributed by atoms with Crippen LogP contribution in [0.15, 0.2) is 21.3 Å². The molecule has 11 heavy (non-hydrogen) atoms. The molecule has 0 bridgehead atoms. The van der Waals surface area contributed by atoms with Gasteiger partial charge in [0.2, 0.25) is 0 Å². The summed E-state index contributed by atoms with van der Waals surface area (Å²) in [4.78, 5) is 3.81. The molecule has 0 fully saturated rings. The molecule has 0 aliphatic carbocycles. The molecule has 0 saturated heterocycles. The van der Waals surface area contributed by atoms with Gasteiger partial charge in [-0.2, -0.15) is 0 Å². The first-order valence-corrected chi connectivity index (χ1v) is 4.36. The van der Waals surface area contributed by atoms with Crippen molar-refractivity contribution in [1.29, 1.82) is 0 Å².